The van der Waals surface area contributed by atoms with Gasteiger partial charge in [0.1, 0.15) is 5.52 Å². The smallest absolute Gasteiger partial charge is 0.270 e. The largest absolute Gasteiger partial charge is 0.481 e. The summed E-state index contributed by atoms with van der Waals surface area (Å²) in [5.74, 6) is 0.502. The lowest BCUT2D eigenvalue weighted by Crippen LogP contribution is -2.35. The van der Waals surface area contributed by atoms with Gasteiger partial charge in [-0.3, -0.25) is 9.36 Å². The Balaban J connectivity index is 1.88. The highest BCUT2D eigenvalue weighted by Crippen LogP contribution is 2.13. The Bertz CT molecular complexity index is 677. The lowest BCUT2D eigenvalue weighted by Gasteiger charge is -2.26. The van der Waals surface area contributed by atoms with E-state index >= 15 is 0 Å². The van der Waals surface area contributed by atoms with Crippen LogP contribution in [0.1, 0.15) is 19.3 Å². The Morgan fingerprint density at radius 2 is 2.00 bits per heavy atom. The van der Waals surface area contributed by atoms with E-state index in [0.29, 0.717) is 23.6 Å². The fourth-order valence-electron chi connectivity index (χ4n) is 2.78. The molecule has 0 aliphatic carbocycles. The molecule has 6 nitrogen and oxygen atoms in total. The van der Waals surface area contributed by atoms with Crippen LogP contribution in [0.15, 0.2) is 23.1 Å². The fourth-order valence-corrected chi connectivity index (χ4v) is 2.78. The van der Waals surface area contributed by atoms with Crippen LogP contribution in [0, 0.1) is 0 Å². The minimum absolute atomic E-state index is 0.111. The zero-order chi connectivity index (χ0) is 14.7. The Hall–Kier alpha value is -1.95. The molecule has 0 bridgehead atoms. The number of nitrogens with zero attached hydrogens (tertiary/aromatic N) is 4. The number of hydrogen-bond donors (Lipinski definition) is 0. The van der Waals surface area contributed by atoms with E-state index in [1.165, 1.54) is 25.5 Å². The first kappa shape index (κ1) is 14.0. The highest BCUT2D eigenvalue weighted by atomic mass is 16.5. The number of fused-ring (bicyclic) bond motifs is 1. The summed E-state index contributed by atoms with van der Waals surface area (Å²) >= 11 is 0. The number of aromatic nitrogens is 3. The van der Waals surface area contributed by atoms with Gasteiger partial charge in [-0.15, -0.1) is 0 Å². The van der Waals surface area contributed by atoms with Crippen molar-refractivity contribution in [2.45, 2.75) is 25.8 Å². The van der Waals surface area contributed by atoms with Crippen molar-refractivity contribution < 1.29 is 4.74 Å². The molecule has 112 valence electrons. The van der Waals surface area contributed by atoms with E-state index < -0.39 is 0 Å². The first-order chi connectivity index (χ1) is 10.3. The van der Waals surface area contributed by atoms with Crippen LogP contribution < -0.4 is 10.3 Å². The molecule has 0 amide bonds. The van der Waals surface area contributed by atoms with Crippen LogP contribution in [0.5, 0.6) is 5.88 Å². The van der Waals surface area contributed by atoms with Crippen LogP contribution in [0.3, 0.4) is 0 Å². The van der Waals surface area contributed by atoms with Gasteiger partial charge in [0.05, 0.1) is 13.3 Å². The summed E-state index contributed by atoms with van der Waals surface area (Å²) in [6, 6.07) is 3.59. The second-order valence-corrected chi connectivity index (χ2v) is 5.35. The first-order valence-corrected chi connectivity index (χ1v) is 7.41. The van der Waals surface area contributed by atoms with Gasteiger partial charge in [-0.1, -0.05) is 6.42 Å². The average Bonchev–Trinajstić information content (AvgIpc) is 2.54. The number of likely N-dealkylation sites (tertiary alicyclic amines) is 1. The lowest BCUT2D eigenvalue weighted by atomic mass is 10.1. The average molecular weight is 288 g/mol. The van der Waals surface area contributed by atoms with Crippen LogP contribution >= 0.6 is 0 Å². The number of methoxy groups -OCH3 is 1. The molecule has 0 atom stereocenters. The van der Waals surface area contributed by atoms with Gasteiger partial charge < -0.3 is 9.64 Å². The van der Waals surface area contributed by atoms with Crippen molar-refractivity contribution >= 4 is 11.2 Å². The van der Waals surface area contributed by atoms with Gasteiger partial charge in [-0.25, -0.2) is 4.98 Å². The molecule has 21 heavy (non-hydrogen) atoms. The van der Waals surface area contributed by atoms with E-state index in [4.69, 9.17) is 4.74 Å². The van der Waals surface area contributed by atoms with E-state index in [0.717, 1.165) is 19.6 Å². The zero-order valence-electron chi connectivity index (χ0n) is 12.3. The number of piperidine rings is 1. The molecular formula is C15H20N4O2. The third kappa shape index (κ3) is 3.05. The van der Waals surface area contributed by atoms with Gasteiger partial charge in [-0.2, -0.15) is 4.98 Å². The SMILES string of the molecule is COc1ccc2ncc(=O)n(CCN3CCCCC3)c2n1. The summed E-state index contributed by atoms with van der Waals surface area (Å²) in [7, 11) is 1.57. The van der Waals surface area contributed by atoms with E-state index in [9.17, 15) is 4.79 Å². The molecule has 0 aromatic carbocycles. The molecule has 2 aromatic rings. The summed E-state index contributed by atoms with van der Waals surface area (Å²) in [6.45, 7) is 3.75. The maximum absolute atomic E-state index is 12.1. The summed E-state index contributed by atoms with van der Waals surface area (Å²) in [4.78, 5) is 23.0. The minimum Gasteiger partial charge on any atom is -0.481 e. The number of ether oxygens (including phenoxy) is 1. The van der Waals surface area contributed by atoms with E-state index in [-0.39, 0.29) is 5.56 Å². The number of hydrogen-bond acceptors (Lipinski definition) is 5. The van der Waals surface area contributed by atoms with Crippen molar-refractivity contribution in [3.8, 4) is 5.88 Å². The lowest BCUT2D eigenvalue weighted by molar-refractivity contribution is 0.220. The molecule has 0 spiro atoms. The third-order valence-corrected chi connectivity index (χ3v) is 3.96. The van der Waals surface area contributed by atoms with Crippen LogP contribution in [0.25, 0.3) is 11.2 Å². The predicted molar refractivity (Wildman–Crippen MR) is 80.6 cm³/mol. The van der Waals surface area contributed by atoms with Gasteiger partial charge in [0.15, 0.2) is 5.65 Å². The monoisotopic (exact) mass is 288 g/mol. The Kier molecular flexibility index (Phi) is 4.15. The van der Waals surface area contributed by atoms with Crippen LogP contribution in [-0.2, 0) is 6.54 Å². The second-order valence-electron chi connectivity index (χ2n) is 5.35. The van der Waals surface area contributed by atoms with Crippen molar-refractivity contribution in [2.24, 2.45) is 0 Å². The Morgan fingerprint density at radius 3 is 2.76 bits per heavy atom. The highest BCUT2D eigenvalue weighted by molar-refractivity contribution is 5.70. The molecule has 0 radical (unpaired) electrons. The topological polar surface area (TPSA) is 60.2 Å². The van der Waals surface area contributed by atoms with Gasteiger partial charge >= 0.3 is 0 Å². The molecule has 6 heteroatoms. The van der Waals surface area contributed by atoms with Crippen molar-refractivity contribution in [3.05, 3.63) is 28.7 Å². The maximum atomic E-state index is 12.1. The summed E-state index contributed by atoms with van der Waals surface area (Å²) in [6.07, 6.45) is 5.18. The molecule has 1 aliphatic heterocycles. The van der Waals surface area contributed by atoms with Crippen molar-refractivity contribution in [2.75, 3.05) is 26.7 Å². The summed E-state index contributed by atoms with van der Waals surface area (Å²) < 4.78 is 6.84. The predicted octanol–water partition coefficient (Wildman–Crippen LogP) is 1.29. The quantitative estimate of drug-likeness (QED) is 0.848. The Labute approximate surface area is 123 Å². The van der Waals surface area contributed by atoms with Crippen molar-refractivity contribution in [3.63, 3.8) is 0 Å². The van der Waals surface area contributed by atoms with Gasteiger partial charge in [0.25, 0.3) is 5.56 Å². The van der Waals surface area contributed by atoms with Gasteiger partial charge in [0, 0.05) is 19.2 Å². The molecular weight excluding hydrogens is 268 g/mol. The molecule has 1 fully saturated rings. The zero-order valence-corrected chi connectivity index (χ0v) is 12.3. The second kappa shape index (κ2) is 6.22. The molecule has 3 heterocycles. The first-order valence-electron chi connectivity index (χ1n) is 7.41. The fraction of sp³-hybridized carbons (Fsp3) is 0.533. The molecule has 1 aliphatic rings. The van der Waals surface area contributed by atoms with Crippen molar-refractivity contribution in [1.82, 2.24) is 19.4 Å². The number of pyridine rings is 1. The summed E-state index contributed by atoms with van der Waals surface area (Å²) in [5, 5.41) is 0. The molecule has 0 N–H and O–H groups in total. The van der Waals surface area contributed by atoms with E-state index in [1.54, 1.807) is 17.7 Å². The van der Waals surface area contributed by atoms with Gasteiger partial charge in [-0.05, 0) is 32.0 Å². The number of rotatable bonds is 4. The summed E-state index contributed by atoms with van der Waals surface area (Å²) in [5.41, 5.74) is 1.20. The van der Waals surface area contributed by atoms with E-state index in [2.05, 4.69) is 14.9 Å². The van der Waals surface area contributed by atoms with Crippen LogP contribution in [0.2, 0.25) is 0 Å². The van der Waals surface area contributed by atoms with E-state index in [1.807, 2.05) is 6.07 Å². The molecule has 2 aromatic heterocycles. The van der Waals surface area contributed by atoms with Crippen LogP contribution in [0.4, 0.5) is 0 Å². The standard InChI is InChI=1S/C15H20N4O2/c1-21-13-6-5-12-15(17-13)19(14(20)11-16-12)10-9-18-7-3-2-4-8-18/h5-6,11H,2-4,7-10H2,1H3. The highest BCUT2D eigenvalue weighted by Gasteiger charge is 2.12. The molecule has 1 saturated heterocycles. The molecule has 3 rings (SSSR count). The van der Waals surface area contributed by atoms with Crippen molar-refractivity contribution in [1.29, 1.82) is 0 Å². The van der Waals surface area contributed by atoms with Gasteiger partial charge in [0.2, 0.25) is 5.88 Å². The minimum atomic E-state index is -0.111. The Morgan fingerprint density at radius 1 is 1.19 bits per heavy atom. The maximum Gasteiger partial charge on any atom is 0.270 e. The van der Waals surface area contributed by atoms with Crippen LogP contribution in [-0.4, -0.2) is 46.2 Å². The third-order valence-electron chi connectivity index (χ3n) is 3.96. The normalized spacial score (nSPS) is 16.2. The molecule has 0 saturated carbocycles. The molecule has 0 unspecified atom stereocenters.